The Bertz CT molecular complexity index is 738. The summed E-state index contributed by atoms with van der Waals surface area (Å²) in [4.78, 5) is 12.1. The summed E-state index contributed by atoms with van der Waals surface area (Å²) in [7, 11) is 1.59. The Morgan fingerprint density at radius 2 is 1.84 bits per heavy atom. The van der Waals surface area contributed by atoms with Gasteiger partial charge in [0, 0.05) is 5.56 Å². The second kappa shape index (κ2) is 9.58. The number of nitrogens with zero attached hydrogens (tertiary/aromatic N) is 1. The fourth-order valence-corrected chi connectivity index (χ4v) is 3.55. The highest BCUT2D eigenvalue weighted by Crippen LogP contribution is 2.33. The van der Waals surface area contributed by atoms with E-state index in [0.717, 1.165) is 26.7 Å². The van der Waals surface area contributed by atoms with Crippen molar-refractivity contribution in [2.75, 3.05) is 13.7 Å². The van der Waals surface area contributed by atoms with Crippen molar-refractivity contribution >= 4 is 44.0 Å². The minimum atomic E-state index is -0.287. The molecular weight excluding hydrogens is 452 g/mol. The van der Waals surface area contributed by atoms with E-state index in [9.17, 15) is 4.79 Å². The molecule has 0 aromatic heterocycles. The van der Waals surface area contributed by atoms with Gasteiger partial charge < -0.3 is 9.47 Å². The van der Waals surface area contributed by atoms with Crippen LogP contribution in [-0.2, 0) is 0 Å². The van der Waals surface area contributed by atoms with Crippen molar-refractivity contribution in [3.8, 4) is 11.5 Å². The second-order valence-corrected chi connectivity index (χ2v) is 6.80. The van der Waals surface area contributed by atoms with Gasteiger partial charge in [-0.25, -0.2) is 5.43 Å². The molecule has 0 heterocycles. The van der Waals surface area contributed by atoms with Gasteiger partial charge in [-0.15, -0.1) is 0 Å². The van der Waals surface area contributed by atoms with Gasteiger partial charge in [0.05, 0.1) is 28.9 Å². The number of hydrogen-bond donors (Lipinski definition) is 1. The molecule has 0 saturated heterocycles. The molecule has 1 N–H and O–H groups in total. The Hall–Kier alpha value is -1.86. The van der Waals surface area contributed by atoms with Crippen molar-refractivity contribution in [1.82, 2.24) is 5.43 Å². The lowest BCUT2D eigenvalue weighted by atomic mass is 10.2. The summed E-state index contributed by atoms with van der Waals surface area (Å²) in [6.07, 6.45) is 2.50. The number of halogens is 2. The molecule has 0 aliphatic rings. The summed E-state index contributed by atoms with van der Waals surface area (Å²) in [5, 5.41) is 3.99. The van der Waals surface area contributed by atoms with Crippen molar-refractivity contribution in [1.29, 1.82) is 0 Å². The number of ether oxygens (including phenoxy) is 2. The topological polar surface area (TPSA) is 59.9 Å². The maximum atomic E-state index is 12.1. The van der Waals surface area contributed by atoms with Crippen molar-refractivity contribution in [2.24, 2.45) is 5.10 Å². The third-order valence-corrected chi connectivity index (χ3v) is 4.37. The second-order valence-electron chi connectivity index (χ2n) is 5.09. The molecule has 1 amide bonds. The molecule has 0 fully saturated rings. The monoisotopic (exact) mass is 468 g/mol. The molecule has 0 bridgehead atoms. The predicted molar refractivity (Wildman–Crippen MR) is 106 cm³/mol. The van der Waals surface area contributed by atoms with Crippen LogP contribution >= 0.6 is 31.9 Å². The van der Waals surface area contributed by atoms with E-state index in [4.69, 9.17) is 9.47 Å². The summed E-state index contributed by atoms with van der Waals surface area (Å²) < 4.78 is 12.3. The summed E-state index contributed by atoms with van der Waals surface area (Å²) in [6.45, 7) is 2.70. The zero-order chi connectivity index (χ0) is 18.2. The van der Waals surface area contributed by atoms with E-state index in [0.29, 0.717) is 17.9 Å². The Morgan fingerprint density at radius 1 is 1.20 bits per heavy atom. The minimum Gasteiger partial charge on any atom is -0.494 e. The van der Waals surface area contributed by atoms with Gasteiger partial charge in [-0.3, -0.25) is 4.79 Å². The quantitative estimate of drug-likeness (QED) is 0.469. The van der Waals surface area contributed by atoms with Crippen molar-refractivity contribution in [3.05, 3.63) is 56.5 Å². The normalized spacial score (nSPS) is 10.7. The number of benzene rings is 2. The predicted octanol–water partition coefficient (Wildman–Crippen LogP) is 4.77. The summed E-state index contributed by atoms with van der Waals surface area (Å²) in [5.74, 6) is 1.16. The van der Waals surface area contributed by atoms with Crippen molar-refractivity contribution < 1.29 is 14.3 Å². The first-order valence-electron chi connectivity index (χ1n) is 7.64. The van der Waals surface area contributed by atoms with E-state index in [1.54, 1.807) is 37.6 Å². The molecule has 2 aromatic rings. The molecule has 5 nitrogen and oxygen atoms in total. The van der Waals surface area contributed by atoms with Gasteiger partial charge in [0.15, 0.2) is 0 Å². The van der Waals surface area contributed by atoms with Crippen molar-refractivity contribution in [3.63, 3.8) is 0 Å². The molecule has 0 saturated carbocycles. The molecule has 0 spiro atoms. The van der Waals surface area contributed by atoms with Crippen molar-refractivity contribution in [2.45, 2.75) is 13.3 Å². The standard InChI is InChI=1S/C18H18Br2N2O3/c1-3-8-25-14-6-4-13(5-7-14)18(23)22-21-11-12-9-15(19)17(24-2)16(20)10-12/h4-7,9-11H,3,8H2,1-2H3,(H,22,23)/b21-11+. The number of methoxy groups -OCH3 is 1. The van der Waals surface area contributed by atoms with Crippen LogP contribution in [0.3, 0.4) is 0 Å². The Morgan fingerprint density at radius 3 is 2.40 bits per heavy atom. The number of carbonyl (C=O) groups excluding carboxylic acids is 1. The van der Waals surface area contributed by atoms with Crippen LogP contribution in [0, 0.1) is 0 Å². The number of rotatable bonds is 7. The lowest BCUT2D eigenvalue weighted by Gasteiger charge is -2.07. The molecular formula is C18H18Br2N2O3. The molecule has 25 heavy (non-hydrogen) atoms. The Kier molecular flexibility index (Phi) is 7.46. The van der Waals surface area contributed by atoms with Crippen LogP contribution in [0.2, 0.25) is 0 Å². The van der Waals surface area contributed by atoms with Gasteiger partial charge in [-0.2, -0.15) is 5.10 Å². The lowest BCUT2D eigenvalue weighted by Crippen LogP contribution is -2.17. The van der Waals surface area contributed by atoms with Crippen LogP contribution < -0.4 is 14.9 Å². The number of carbonyl (C=O) groups is 1. The largest absolute Gasteiger partial charge is 0.494 e. The molecule has 7 heteroatoms. The number of hydrogen-bond acceptors (Lipinski definition) is 4. The highest BCUT2D eigenvalue weighted by molar-refractivity contribution is 9.11. The van der Waals surface area contributed by atoms with E-state index in [1.807, 2.05) is 19.1 Å². The molecule has 0 aliphatic heterocycles. The third-order valence-electron chi connectivity index (χ3n) is 3.19. The molecule has 132 valence electrons. The van der Waals surface area contributed by atoms with Gasteiger partial charge in [0.1, 0.15) is 11.5 Å². The zero-order valence-electron chi connectivity index (χ0n) is 13.9. The maximum absolute atomic E-state index is 12.1. The first kappa shape index (κ1) is 19.5. The Balaban J connectivity index is 1.98. The van der Waals surface area contributed by atoms with Gasteiger partial charge >= 0.3 is 0 Å². The molecule has 2 rings (SSSR count). The first-order chi connectivity index (χ1) is 12.0. The van der Waals surface area contributed by atoms with Crippen LogP contribution in [0.25, 0.3) is 0 Å². The van der Waals surface area contributed by atoms with Gasteiger partial charge in [0.2, 0.25) is 0 Å². The van der Waals surface area contributed by atoms with Gasteiger partial charge in [-0.05, 0) is 80.2 Å². The smallest absolute Gasteiger partial charge is 0.271 e. The molecule has 0 unspecified atom stereocenters. The van der Waals surface area contributed by atoms with Crippen LogP contribution in [0.4, 0.5) is 0 Å². The fourth-order valence-electron chi connectivity index (χ4n) is 2.00. The average molecular weight is 470 g/mol. The molecule has 0 aliphatic carbocycles. The number of hydrazone groups is 1. The molecule has 2 aromatic carbocycles. The fraction of sp³-hybridized carbons (Fsp3) is 0.222. The Labute approximate surface area is 163 Å². The van der Waals surface area contributed by atoms with Crippen LogP contribution in [0.15, 0.2) is 50.4 Å². The first-order valence-corrected chi connectivity index (χ1v) is 9.23. The summed E-state index contributed by atoms with van der Waals surface area (Å²) >= 11 is 6.85. The highest BCUT2D eigenvalue weighted by atomic mass is 79.9. The van der Waals surface area contributed by atoms with Gasteiger partial charge in [0.25, 0.3) is 5.91 Å². The van der Waals surface area contributed by atoms with E-state index >= 15 is 0 Å². The minimum absolute atomic E-state index is 0.287. The SMILES string of the molecule is CCCOc1ccc(C(=O)N/N=C/c2cc(Br)c(OC)c(Br)c2)cc1. The van der Waals surface area contributed by atoms with Crippen LogP contribution in [0.5, 0.6) is 11.5 Å². The van der Waals surface area contributed by atoms with Gasteiger partial charge in [-0.1, -0.05) is 6.92 Å². The van der Waals surface area contributed by atoms with E-state index in [2.05, 4.69) is 42.4 Å². The number of amides is 1. The maximum Gasteiger partial charge on any atom is 0.271 e. The van der Waals surface area contributed by atoms with E-state index in [1.165, 1.54) is 0 Å². The molecule has 0 atom stereocenters. The zero-order valence-corrected chi connectivity index (χ0v) is 17.1. The number of nitrogens with one attached hydrogen (secondary N) is 1. The molecule has 0 radical (unpaired) electrons. The third kappa shape index (κ3) is 5.57. The summed E-state index contributed by atoms with van der Waals surface area (Å²) in [6, 6.07) is 10.6. The van der Waals surface area contributed by atoms with E-state index < -0.39 is 0 Å². The summed E-state index contributed by atoms with van der Waals surface area (Å²) in [5.41, 5.74) is 3.83. The highest BCUT2D eigenvalue weighted by Gasteiger charge is 2.07. The van der Waals surface area contributed by atoms with Crippen LogP contribution in [0.1, 0.15) is 29.3 Å². The average Bonchev–Trinajstić information content (AvgIpc) is 2.60. The lowest BCUT2D eigenvalue weighted by molar-refractivity contribution is 0.0955. The van der Waals surface area contributed by atoms with Crippen LogP contribution in [-0.4, -0.2) is 25.8 Å². The van der Waals surface area contributed by atoms with E-state index in [-0.39, 0.29) is 5.91 Å².